The van der Waals surface area contributed by atoms with Crippen LogP contribution in [-0.4, -0.2) is 11.1 Å². The molecule has 1 aromatic carbocycles. The first-order valence-corrected chi connectivity index (χ1v) is 6.30. The van der Waals surface area contributed by atoms with E-state index in [2.05, 4.69) is 12.2 Å². The first kappa shape index (κ1) is 12.5. The van der Waals surface area contributed by atoms with Gasteiger partial charge in [-0.3, -0.25) is 0 Å². The third-order valence-corrected chi connectivity index (χ3v) is 3.57. The molecular weight excluding hydrogens is 217 g/mol. The largest absolute Gasteiger partial charge is 0.392 e. The number of benzene rings is 1. The molecule has 0 aliphatic heterocycles. The lowest BCUT2D eigenvalue weighted by atomic mass is 10.1. The van der Waals surface area contributed by atoms with Crippen molar-refractivity contribution in [2.45, 2.75) is 45.4 Å². The van der Waals surface area contributed by atoms with E-state index in [1.165, 1.54) is 25.3 Å². The smallest absolute Gasteiger partial charge is 0.128 e. The van der Waals surface area contributed by atoms with Crippen molar-refractivity contribution in [3.63, 3.8) is 0 Å². The second-order valence-corrected chi connectivity index (χ2v) is 5.08. The van der Waals surface area contributed by atoms with Crippen LogP contribution in [-0.2, 0) is 13.2 Å². The van der Waals surface area contributed by atoms with Crippen LogP contribution in [0.3, 0.4) is 0 Å². The molecule has 1 aliphatic carbocycles. The van der Waals surface area contributed by atoms with Gasteiger partial charge in [-0.05, 0) is 42.9 Å². The summed E-state index contributed by atoms with van der Waals surface area (Å²) in [6.45, 7) is 2.80. The summed E-state index contributed by atoms with van der Waals surface area (Å²) in [5, 5.41) is 12.5. The Labute approximate surface area is 102 Å². The Bertz CT molecular complexity index is 380. The maximum atomic E-state index is 13.2. The molecule has 2 atom stereocenters. The fourth-order valence-corrected chi connectivity index (χ4v) is 2.51. The Morgan fingerprint density at radius 2 is 2.24 bits per heavy atom. The van der Waals surface area contributed by atoms with Gasteiger partial charge in [0.05, 0.1) is 6.61 Å². The lowest BCUT2D eigenvalue weighted by Gasteiger charge is -2.13. The zero-order valence-corrected chi connectivity index (χ0v) is 10.2. The van der Waals surface area contributed by atoms with E-state index in [0.29, 0.717) is 11.6 Å². The molecule has 0 aromatic heterocycles. The molecule has 17 heavy (non-hydrogen) atoms. The van der Waals surface area contributed by atoms with Gasteiger partial charge in [0, 0.05) is 18.2 Å². The topological polar surface area (TPSA) is 32.3 Å². The Kier molecular flexibility index (Phi) is 4.13. The predicted molar refractivity (Wildman–Crippen MR) is 66.0 cm³/mol. The van der Waals surface area contributed by atoms with Crippen LogP contribution in [0.5, 0.6) is 0 Å². The molecule has 94 valence electrons. The van der Waals surface area contributed by atoms with Crippen molar-refractivity contribution in [2.24, 2.45) is 5.92 Å². The molecule has 1 aliphatic rings. The van der Waals surface area contributed by atoms with Crippen molar-refractivity contribution in [2.75, 3.05) is 0 Å². The van der Waals surface area contributed by atoms with Crippen molar-refractivity contribution in [3.8, 4) is 0 Å². The lowest BCUT2D eigenvalue weighted by molar-refractivity contribution is 0.275. The van der Waals surface area contributed by atoms with Gasteiger partial charge in [-0.15, -0.1) is 0 Å². The molecule has 1 aromatic rings. The molecule has 0 spiro atoms. The maximum Gasteiger partial charge on any atom is 0.128 e. The minimum absolute atomic E-state index is 0.236. The Morgan fingerprint density at radius 3 is 2.88 bits per heavy atom. The molecule has 2 rings (SSSR count). The van der Waals surface area contributed by atoms with Crippen molar-refractivity contribution in [1.29, 1.82) is 0 Å². The highest BCUT2D eigenvalue weighted by Crippen LogP contribution is 2.24. The fraction of sp³-hybridized carbons (Fsp3) is 0.571. The molecule has 2 nitrogen and oxygen atoms in total. The molecule has 0 bridgehead atoms. The van der Waals surface area contributed by atoms with Gasteiger partial charge >= 0.3 is 0 Å². The maximum absolute atomic E-state index is 13.2. The summed E-state index contributed by atoms with van der Waals surface area (Å²) in [5.41, 5.74) is 1.42. The van der Waals surface area contributed by atoms with Crippen LogP contribution >= 0.6 is 0 Å². The van der Waals surface area contributed by atoms with Crippen molar-refractivity contribution >= 4 is 0 Å². The van der Waals surface area contributed by atoms with Crippen LogP contribution in [0.2, 0.25) is 0 Å². The molecule has 1 saturated carbocycles. The van der Waals surface area contributed by atoms with Crippen LogP contribution in [0.25, 0.3) is 0 Å². The first-order chi connectivity index (χ1) is 8.19. The second-order valence-electron chi connectivity index (χ2n) is 5.08. The van der Waals surface area contributed by atoms with E-state index in [1.54, 1.807) is 12.1 Å². The first-order valence-electron chi connectivity index (χ1n) is 6.30. The lowest BCUT2D eigenvalue weighted by Crippen LogP contribution is -2.25. The highest BCUT2D eigenvalue weighted by molar-refractivity contribution is 5.24. The number of aliphatic hydroxyl groups excluding tert-OH is 1. The minimum Gasteiger partial charge on any atom is -0.392 e. The van der Waals surface area contributed by atoms with E-state index in [4.69, 9.17) is 5.11 Å². The quantitative estimate of drug-likeness (QED) is 0.843. The van der Waals surface area contributed by atoms with Crippen LogP contribution < -0.4 is 5.32 Å². The summed E-state index contributed by atoms with van der Waals surface area (Å²) in [4.78, 5) is 0. The number of hydrogen-bond donors (Lipinski definition) is 2. The van der Waals surface area contributed by atoms with Gasteiger partial charge in [0.2, 0.25) is 0 Å². The average Bonchev–Trinajstić information content (AvgIpc) is 2.74. The number of halogens is 1. The van der Waals surface area contributed by atoms with E-state index in [0.717, 1.165) is 18.0 Å². The summed E-state index contributed by atoms with van der Waals surface area (Å²) in [6, 6.07) is 5.54. The highest BCUT2D eigenvalue weighted by Gasteiger charge is 2.20. The van der Waals surface area contributed by atoms with E-state index >= 15 is 0 Å². The van der Waals surface area contributed by atoms with E-state index in [9.17, 15) is 4.39 Å². The average molecular weight is 237 g/mol. The van der Waals surface area contributed by atoms with Gasteiger partial charge in [-0.1, -0.05) is 13.0 Å². The summed E-state index contributed by atoms with van der Waals surface area (Å²) in [7, 11) is 0. The zero-order valence-electron chi connectivity index (χ0n) is 10.2. The third kappa shape index (κ3) is 3.27. The Hall–Kier alpha value is -0.930. The summed E-state index contributed by atoms with van der Waals surface area (Å²) >= 11 is 0. The van der Waals surface area contributed by atoms with Gasteiger partial charge in [0.1, 0.15) is 5.82 Å². The molecule has 2 unspecified atom stereocenters. The van der Waals surface area contributed by atoms with Gasteiger partial charge in [-0.2, -0.15) is 0 Å². The standard InChI is InChI=1S/C14H20FNO/c1-10-2-4-13(6-10)16-8-11-3-5-14(15)12(7-11)9-17/h3,5,7,10,13,16-17H,2,4,6,8-9H2,1H3. The molecule has 2 N–H and O–H groups in total. The molecule has 0 saturated heterocycles. The molecule has 1 fully saturated rings. The number of aliphatic hydroxyl groups is 1. The van der Waals surface area contributed by atoms with Crippen molar-refractivity contribution < 1.29 is 9.50 Å². The number of rotatable bonds is 4. The zero-order chi connectivity index (χ0) is 12.3. The molecule has 0 heterocycles. The number of hydrogen-bond acceptors (Lipinski definition) is 2. The minimum atomic E-state index is -0.328. The van der Waals surface area contributed by atoms with E-state index in [1.807, 2.05) is 0 Å². The van der Waals surface area contributed by atoms with Crippen molar-refractivity contribution in [3.05, 3.63) is 35.1 Å². The van der Waals surface area contributed by atoms with Crippen LogP contribution in [0.15, 0.2) is 18.2 Å². The molecule has 3 heteroatoms. The summed E-state index contributed by atoms with van der Waals surface area (Å²) < 4.78 is 13.2. The van der Waals surface area contributed by atoms with Crippen LogP contribution in [0.1, 0.15) is 37.3 Å². The van der Waals surface area contributed by atoms with Gasteiger partial charge in [0.25, 0.3) is 0 Å². The van der Waals surface area contributed by atoms with Gasteiger partial charge in [0.15, 0.2) is 0 Å². The third-order valence-electron chi connectivity index (χ3n) is 3.57. The van der Waals surface area contributed by atoms with E-state index in [-0.39, 0.29) is 12.4 Å². The SMILES string of the molecule is CC1CCC(NCc2ccc(F)c(CO)c2)C1. The fourth-order valence-electron chi connectivity index (χ4n) is 2.51. The van der Waals surface area contributed by atoms with Crippen molar-refractivity contribution in [1.82, 2.24) is 5.32 Å². The monoisotopic (exact) mass is 237 g/mol. The molecular formula is C14H20FNO. The second kappa shape index (κ2) is 5.61. The highest BCUT2D eigenvalue weighted by atomic mass is 19.1. The van der Waals surface area contributed by atoms with Gasteiger partial charge in [-0.25, -0.2) is 4.39 Å². The van der Waals surface area contributed by atoms with Crippen LogP contribution in [0.4, 0.5) is 4.39 Å². The Morgan fingerprint density at radius 1 is 1.41 bits per heavy atom. The summed E-state index contributed by atoms with van der Waals surface area (Å²) in [6.07, 6.45) is 3.76. The molecule has 0 radical (unpaired) electrons. The molecule has 0 amide bonds. The summed E-state index contributed by atoms with van der Waals surface area (Å²) in [5.74, 6) is 0.486. The normalized spacial score (nSPS) is 24.2. The van der Waals surface area contributed by atoms with Gasteiger partial charge < -0.3 is 10.4 Å². The Balaban J connectivity index is 1.90. The predicted octanol–water partition coefficient (Wildman–Crippen LogP) is 2.60. The van der Waals surface area contributed by atoms with Crippen LogP contribution in [0, 0.1) is 11.7 Å². The number of nitrogens with one attached hydrogen (secondary N) is 1. The van der Waals surface area contributed by atoms with E-state index < -0.39 is 0 Å².